The molecular formula is C23H23ClF2N6O3. The average Bonchev–Trinajstić information content (AvgIpc) is 3.35. The molecule has 2 saturated carbocycles. The van der Waals surface area contributed by atoms with E-state index >= 15 is 0 Å². The number of halogens is 3. The molecule has 3 N–H and O–H groups in total. The van der Waals surface area contributed by atoms with E-state index in [4.69, 9.17) is 22.1 Å². The molecule has 184 valence electrons. The molecule has 9 nitrogen and oxygen atoms in total. The van der Waals surface area contributed by atoms with Gasteiger partial charge in [-0.15, -0.1) is 5.10 Å². The Morgan fingerprint density at radius 1 is 1.20 bits per heavy atom. The summed E-state index contributed by atoms with van der Waals surface area (Å²) in [6, 6.07) is 7.22. The molecule has 0 radical (unpaired) electrons. The highest BCUT2D eigenvalue weighted by Gasteiger charge is 2.54. The molecule has 2 aromatic heterocycles. The van der Waals surface area contributed by atoms with Crippen LogP contribution in [0.25, 0.3) is 5.69 Å². The summed E-state index contributed by atoms with van der Waals surface area (Å²) < 4.78 is 33.5. The highest BCUT2D eigenvalue weighted by molar-refractivity contribution is 6.30. The second kappa shape index (κ2) is 8.63. The summed E-state index contributed by atoms with van der Waals surface area (Å²) in [5.74, 6) is -1.23. The fourth-order valence-electron chi connectivity index (χ4n) is 5.04. The molecule has 0 atom stereocenters. The molecule has 2 fully saturated rings. The van der Waals surface area contributed by atoms with E-state index in [0.717, 1.165) is 30.4 Å². The minimum atomic E-state index is -2.89. The van der Waals surface area contributed by atoms with E-state index in [9.17, 15) is 18.4 Å². The number of hydrogen-bond donors (Lipinski definition) is 2. The van der Waals surface area contributed by atoms with Crippen LogP contribution in [0, 0.1) is 12.3 Å². The maximum Gasteiger partial charge on any atom is 0.333 e. The Hall–Kier alpha value is -3.47. The van der Waals surface area contributed by atoms with Gasteiger partial charge in [0.25, 0.3) is 11.8 Å². The molecule has 2 aliphatic carbocycles. The van der Waals surface area contributed by atoms with Crippen LogP contribution in [0.4, 0.5) is 8.78 Å². The van der Waals surface area contributed by atoms with Gasteiger partial charge in [-0.05, 0) is 62.3 Å². The first kappa shape index (κ1) is 23.3. The van der Waals surface area contributed by atoms with Crippen molar-refractivity contribution in [1.82, 2.24) is 24.9 Å². The number of alkyl halides is 2. The maximum atomic E-state index is 12.9. The van der Waals surface area contributed by atoms with Crippen molar-refractivity contribution in [3.05, 3.63) is 58.5 Å². The van der Waals surface area contributed by atoms with Crippen LogP contribution in [0.15, 0.2) is 36.7 Å². The molecule has 1 aromatic carbocycles. The van der Waals surface area contributed by atoms with Gasteiger partial charge >= 0.3 is 6.55 Å². The van der Waals surface area contributed by atoms with E-state index in [1.165, 1.54) is 0 Å². The largest absolute Gasteiger partial charge is 0.473 e. The summed E-state index contributed by atoms with van der Waals surface area (Å²) >= 11 is 5.94. The minimum absolute atomic E-state index is 0.0287. The van der Waals surface area contributed by atoms with E-state index in [2.05, 4.69) is 15.5 Å². The van der Waals surface area contributed by atoms with Crippen LogP contribution in [0.3, 0.4) is 0 Å². The Labute approximate surface area is 204 Å². The lowest BCUT2D eigenvalue weighted by atomic mass is 9.53. The van der Waals surface area contributed by atoms with Crippen LogP contribution in [0.5, 0.6) is 5.88 Å². The lowest BCUT2D eigenvalue weighted by Gasteiger charge is -2.57. The first-order valence-electron chi connectivity index (χ1n) is 11.1. The standard InChI is InChI=1S/C23H23ClF2N6O3/c1-12-17(10-28-32(12)15-4-2-13(24)3-5-15)20(34)29-14-6-23(7-14)8-16(9-23)35-21-18(19(27)33)11-31(30-21)22(25)26/h2-5,10-11,14,16,22H,6-9H2,1H3,(H2,27,33)(H,29,34)/t14-,16-,23?. The fraction of sp³-hybridized carbons (Fsp3) is 0.391. The van der Waals surface area contributed by atoms with Crippen LogP contribution < -0.4 is 15.8 Å². The van der Waals surface area contributed by atoms with Crippen molar-refractivity contribution in [3.63, 3.8) is 0 Å². The normalized spacial score (nSPS) is 23.1. The van der Waals surface area contributed by atoms with Gasteiger partial charge in [-0.3, -0.25) is 9.59 Å². The van der Waals surface area contributed by atoms with E-state index in [-0.39, 0.29) is 34.9 Å². The van der Waals surface area contributed by atoms with Gasteiger partial charge in [0.15, 0.2) is 0 Å². The molecule has 1 spiro atoms. The Morgan fingerprint density at radius 3 is 2.51 bits per heavy atom. The van der Waals surface area contributed by atoms with Crippen LogP contribution >= 0.6 is 11.6 Å². The molecule has 0 unspecified atom stereocenters. The van der Waals surface area contributed by atoms with Gasteiger partial charge in [-0.25, -0.2) is 9.36 Å². The van der Waals surface area contributed by atoms with Crippen molar-refractivity contribution in [1.29, 1.82) is 0 Å². The number of amides is 2. The number of benzene rings is 1. The van der Waals surface area contributed by atoms with E-state index in [1.807, 2.05) is 19.1 Å². The van der Waals surface area contributed by atoms with Gasteiger partial charge in [0.1, 0.15) is 11.7 Å². The van der Waals surface area contributed by atoms with Crippen molar-refractivity contribution in [2.24, 2.45) is 11.1 Å². The number of primary amides is 1. The summed E-state index contributed by atoms with van der Waals surface area (Å²) in [6.07, 6.45) is 5.15. The molecule has 2 amide bonds. The predicted octanol–water partition coefficient (Wildman–Crippen LogP) is 3.64. The molecule has 2 heterocycles. The number of carbonyl (C=O) groups excluding carboxylic acids is 2. The second-order valence-corrected chi connectivity index (χ2v) is 9.66. The number of aromatic nitrogens is 4. The zero-order valence-corrected chi connectivity index (χ0v) is 19.5. The highest BCUT2D eigenvalue weighted by atomic mass is 35.5. The van der Waals surface area contributed by atoms with Crippen LogP contribution in [-0.2, 0) is 0 Å². The van der Waals surface area contributed by atoms with Crippen molar-refractivity contribution >= 4 is 23.4 Å². The van der Waals surface area contributed by atoms with Gasteiger partial charge in [-0.1, -0.05) is 11.6 Å². The SMILES string of the molecule is Cc1c(C(=O)N[C@H]2CC3(C2)C[C@H](Oc2nn(C(F)F)cc2C(N)=O)C3)cnn1-c1ccc(Cl)cc1. The van der Waals surface area contributed by atoms with Gasteiger partial charge in [0, 0.05) is 17.3 Å². The van der Waals surface area contributed by atoms with Gasteiger partial charge in [0.05, 0.1) is 23.1 Å². The molecule has 0 bridgehead atoms. The Balaban J connectivity index is 1.14. The van der Waals surface area contributed by atoms with Crippen molar-refractivity contribution in [3.8, 4) is 11.6 Å². The number of ether oxygens (including phenoxy) is 1. The van der Waals surface area contributed by atoms with Crippen LogP contribution in [-0.4, -0.2) is 43.5 Å². The highest BCUT2D eigenvalue weighted by Crippen LogP contribution is 2.56. The number of rotatable bonds is 7. The van der Waals surface area contributed by atoms with Crippen LogP contribution in [0.2, 0.25) is 5.02 Å². The Kier molecular flexibility index (Phi) is 5.74. The molecule has 3 aromatic rings. The quantitative estimate of drug-likeness (QED) is 0.509. The molecule has 0 saturated heterocycles. The number of nitrogens with one attached hydrogen (secondary N) is 1. The third kappa shape index (κ3) is 4.36. The molecule has 12 heteroatoms. The summed E-state index contributed by atoms with van der Waals surface area (Å²) in [7, 11) is 0. The third-order valence-electron chi connectivity index (χ3n) is 6.78. The monoisotopic (exact) mass is 504 g/mol. The van der Waals surface area contributed by atoms with Crippen molar-refractivity contribution in [2.45, 2.75) is 51.3 Å². The van der Waals surface area contributed by atoms with Crippen LogP contribution in [0.1, 0.15) is 58.6 Å². The zero-order valence-electron chi connectivity index (χ0n) is 18.7. The second-order valence-electron chi connectivity index (χ2n) is 9.23. The number of hydrogen-bond acceptors (Lipinski definition) is 5. The fourth-order valence-corrected chi connectivity index (χ4v) is 5.16. The molecule has 2 aliphatic rings. The number of nitrogens with zero attached hydrogens (tertiary/aromatic N) is 4. The first-order chi connectivity index (χ1) is 16.6. The predicted molar refractivity (Wildman–Crippen MR) is 122 cm³/mol. The minimum Gasteiger partial charge on any atom is -0.473 e. The average molecular weight is 505 g/mol. The van der Waals surface area contributed by atoms with Gasteiger partial charge in [-0.2, -0.15) is 13.9 Å². The smallest absolute Gasteiger partial charge is 0.333 e. The van der Waals surface area contributed by atoms with Gasteiger partial charge < -0.3 is 15.8 Å². The summed E-state index contributed by atoms with van der Waals surface area (Å²) in [6.45, 7) is -1.06. The zero-order chi connectivity index (χ0) is 24.9. The molecule has 0 aliphatic heterocycles. The maximum absolute atomic E-state index is 12.9. The lowest BCUT2D eigenvalue weighted by Crippen LogP contribution is -2.58. The van der Waals surface area contributed by atoms with E-state index in [0.29, 0.717) is 28.1 Å². The molecule has 35 heavy (non-hydrogen) atoms. The van der Waals surface area contributed by atoms with E-state index < -0.39 is 12.5 Å². The molecular weight excluding hydrogens is 482 g/mol. The number of carbonyl (C=O) groups is 2. The lowest BCUT2D eigenvalue weighted by molar-refractivity contribution is -0.0853. The molecule has 5 rings (SSSR count). The van der Waals surface area contributed by atoms with E-state index in [1.54, 1.807) is 23.0 Å². The van der Waals surface area contributed by atoms with Crippen molar-refractivity contribution < 1.29 is 23.1 Å². The third-order valence-corrected chi connectivity index (χ3v) is 7.03. The Morgan fingerprint density at radius 2 is 1.89 bits per heavy atom. The summed E-state index contributed by atoms with van der Waals surface area (Å²) in [4.78, 5) is 24.3. The summed E-state index contributed by atoms with van der Waals surface area (Å²) in [5, 5.41) is 11.7. The topological polar surface area (TPSA) is 117 Å². The van der Waals surface area contributed by atoms with Gasteiger partial charge in [0.2, 0.25) is 5.88 Å². The summed E-state index contributed by atoms with van der Waals surface area (Å²) in [5.41, 5.74) is 7.16. The Bertz CT molecular complexity index is 1270. The first-order valence-corrected chi connectivity index (χ1v) is 11.5. The number of nitrogens with two attached hydrogens (primary N) is 1. The van der Waals surface area contributed by atoms with Crippen molar-refractivity contribution in [2.75, 3.05) is 0 Å².